The van der Waals surface area contributed by atoms with Gasteiger partial charge in [0, 0.05) is 12.6 Å². The van der Waals surface area contributed by atoms with Crippen molar-refractivity contribution >= 4 is 5.97 Å². The minimum atomic E-state index is -1.14. The van der Waals surface area contributed by atoms with Gasteiger partial charge in [0.05, 0.1) is 0 Å². The number of ether oxygens (including phenoxy) is 1. The predicted octanol–water partition coefficient (Wildman–Crippen LogP) is -0.347. The summed E-state index contributed by atoms with van der Waals surface area (Å²) in [6, 6.07) is 0. The highest BCUT2D eigenvalue weighted by molar-refractivity contribution is 5.80. The van der Waals surface area contributed by atoms with Crippen LogP contribution in [0.25, 0.3) is 0 Å². The number of hydrogen-bond donors (Lipinski definition) is 3. The van der Waals surface area contributed by atoms with Crippen molar-refractivity contribution in [2.45, 2.75) is 38.3 Å². The van der Waals surface area contributed by atoms with Gasteiger partial charge < -0.3 is 21.4 Å². The van der Waals surface area contributed by atoms with Crippen LogP contribution in [0.15, 0.2) is 0 Å². The van der Waals surface area contributed by atoms with Gasteiger partial charge in [-0.3, -0.25) is 4.79 Å². The Morgan fingerprint density at radius 1 is 1.40 bits per heavy atom. The Labute approximate surface area is 90.1 Å². The third kappa shape index (κ3) is 6.40. The first-order valence-corrected chi connectivity index (χ1v) is 4.69. The van der Waals surface area contributed by atoms with Crippen LogP contribution in [0.4, 0.5) is 0 Å². The van der Waals surface area contributed by atoms with Crippen LogP contribution in [0.1, 0.15) is 27.2 Å². The van der Waals surface area contributed by atoms with Crippen LogP contribution in [-0.2, 0) is 9.53 Å². The highest BCUT2D eigenvalue weighted by Crippen LogP contribution is 2.17. The van der Waals surface area contributed by atoms with Crippen LogP contribution >= 0.6 is 0 Å². The van der Waals surface area contributed by atoms with Gasteiger partial charge in [-0.2, -0.15) is 5.06 Å². The van der Waals surface area contributed by atoms with Gasteiger partial charge in [-0.05, 0) is 27.2 Å². The lowest BCUT2D eigenvalue weighted by Gasteiger charge is -2.30. The van der Waals surface area contributed by atoms with Gasteiger partial charge in [-0.15, -0.1) is 0 Å². The van der Waals surface area contributed by atoms with E-state index in [1.807, 2.05) is 0 Å². The molecule has 1 atom stereocenters. The number of nitrogens with zero attached hydrogens (tertiary/aromatic N) is 1. The fourth-order valence-corrected chi connectivity index (χ4v) is 1.34. The zero-order chi connectivity index (χ0) is 12.3. The summed E-state index contributed by atoms with van der Waals surface area (Å²) >= 11 is 0. The molecular weight excluding hydrogens is 198 g/mol. The number of rotatable bonds is 5. The van der Waals surface area contributed by atoms with Gasteiger partial charge in [0.15, 0.2) is 6.73 Å². The van der Waals surface area contributed by atoms with E-state index in [0.717, 1.165) is 5.06 Å². The first-order chi connectivity index (χ1) is 6.54. The van der Waals surface area contributed by atoms with Crippen molar-refractivity contribution in [3.05, 3.63) is 0 Å². The SMILES string of the molecule is CN(O)COC(=O)C(C)(N)CC(C)(C)N. The van der Waals surface area contributed by atoms with Crippen molar-refractivity contribution in [3.8, 4) is 0 Å². The number of esters is 1. The molecule has 0 saturated heterocycles. The van der Waals surface area contributed by atoms with Gasteiger partial charge in [-0.25, -0.2) is 0 Å². The average molecular weight is 219 g/mol. The molecule has 0 bridgehead atoms. The fraction of sp³-hybridized carbons (Fsp3) is 0.889. The molecule has 0 fully saturated rings. The minimum Gasteiger partial charge on any atom is -0.446 e. The van der Waals surface area contributed by atoms with E-state index in [-0.39, 0.29) is 6.73 Å². The molecule has 0 radical (unpaired) electrons. The molecule has 0 aromatic heterocycles. The molecule has 6 nitrogen and oxygen atoms in total. The van der Waals surface area contributed by atoms with E-state index in [1.165, 1.54) is 7.05 Å². The predicted molar refractivity (Wildman–Crippen MR) is 56.0 cm³/mol. The number of nitrogens with two attached hydrogens (primary N) is 2. The summed E-state index contributed by atoms with van der Waals surface area (Å²) in [5.41, 5.74) is 9.85. The fourth-order valence-electron chi connectivity index (χ4n) is 1.34. The van der Waals surface area contributed by atoms with Crippen molar-refractivity contribution in [3.63, 3.8) is 0 Å². The molecule has 0 aliphatic heterocycles. The molecule has 0 spiro atoms. The standard InChI is InChI=1S/C9H21N3O3/c1-8(2,10)5-9(3,11)7(13)15-6-12(4)14/h14H,5-6,10-11H2,1-4H3. The molecule has 0 heterocycles. The van der Waals surface area contributed by atoms with Crippen molar-refractivity contribution < 1.29 is 14.7 Å². The molecule has 90 valence electrons. The molecule has 1 unspecified atom stereocenters. The van der Waals surface area contributed by atoms with E-state index in [9.17, 15) is 4.79 Å². The van der Waals surface area contributed by atoms with E-state index >= 15 is 0 Å². The van der Waals surface area contributed by atoms with Gasteiger partial charge in [0.2, 0.25) is 0 Å². The summed E-state index contributed by atoms with van der Waals surface area (Å²) in [6.07, 6.45) is 0.300. The molecule has 0 aliphatic rings. The van der Waals surface area contributed by atoms with E-state index in [0.29, 0.717) is 6.42 Å². The highest BCUT2D eigenvalue weighted by Gasteiger charge is 2.35. The lowest BCUT2D eigenvalue weighted by molar-refractivity contribution is -0.176. The topological polar surface area (TPSA) is 102 Å². The number of hydroxylamine groups is 2. The van der Waals surface area contributed by atoms with Crippen LogP contribution in [0.2, 0.25) is 0 Å². The second-order valence-corrected chi connectivity index (χ2v) is 4.80. The van der Waals surface area contributed by atoms with Crippen molar-refractivity contribution in [2.24, 2.45) is 11.5 Å². The molecule has 0 rings (SSSR count). The Kier molecular flexibility index (Phi) is 4.66. The normalized spacial score (nSPS) is 16.3. The summed E-state index contributed by atoms with van der Waals surface area (Å²) in [5, 5.41) is 9.54. The van der Waals surface area contributed by atoms with Crippen molar-refractivity contribution in [2.75, 3.05) is 13.8 Å². The second-order valence-electron chi connectivity index (χ2n) is 4.80. The zero-order valence-corrected chi connectivity index (χ0v) is 9.78. The van der Waals surface area contributed by atoms with E-state index in [2.05, 4.69) is 0 Å². The number of carbonyl (C=O) groups is 1. The first kappa shape index (κ1) is 14.3. The number of carbonyl (C=O) groups excluding carboxylic acids is 1. The Hall–Kier alpha value is -0.690. The monoisotopic (exact) mass is 219 g/mol. The molecular formula is C9H21N3O3. The Bertz CT molecular complexity index is 221. The van der Waals surface area contributed by atoms with Crippen LogP contribution in [-0.4, -0.2) is 41.1 Å². The summed E-state index contributed by atoms with van der Waals surface area (Å²) in [4.78, 5) is 11.5. The third-order valence-electron chi connectivity index (χ3n) is 1.67. The van der Waals surface area contributed by atoms with Crippen molar-refractivity contribution in [1.82, 2.24) is 5.06 Å². The van der Waals surface area contributed by atoms with E-state index in [1.54, 1.807) is 20.8 Å². The second kappa shape index (κ2) is 4.89. The maximum absolute atomic E-state index is 11.5. The van der Waals surface area contributed by atoms with Crippen LogP contribution in [0.3, 0.4) is 0 Å². The van der Waals surface area contributed by atoms with E-state index in [4.69, 9.17) is 21.4 Å². The molecule has 0 aromatic rings. The van der Waals surface area contributed by atoms with Crippen LogP contribution in [0, 0.1) is 0 Å². The maximum Gasteiger partial charge on any atom is 0.327 e. The molecule has 6 heteroatoms. The third-order valence-corrected chi connectivity index (χ3v) is 1.67. The lowest BCUT2D eigenvalue weighted by atomic mass is 9.87. The molecule has 0 aromatic carbocycles. The lowest BCUT2D eigenvalue weighted by Crippen LogP contribution is -2.53. The first-order valence-electron chi connectivity index (χ1n) is 4.69. The highest BCUT2D eigenvalue weighted by atomic mass is 16.6. The van der Waals surface area contributed by atoms with Crippen molar-refractivity contribution in [1.29, 1.82) is 0 Å². The van der Waals surface area contributed by atoms with Gasteiger partial charge in [0.1, 0.15) is 5.54 Å². The number of hydrogen-bond acceptors (Lipinski definition) is 6. The summed E-state index contributed by atoms with van der Waals surface area (Å²) in [7, 11) is 1.37. The zero-order valence-electron chi connectivity index (χ0n) is 9.78. The Balaban J connectivity index is 4.27. The van der Waals surface area contributed by atoms with E-state index < -0.39 is 17.0 Å². The average Bonchev–Trinajstić information content (AvgIpc) is 1.94. The Morgan fingerprint density at radius 3 is 2.20 bits per heavy atom. The van der Waals surface area contributed by atoms with Crippen LogP contribution in [0.5, 0.6) is 0 Å². The summed E-state index contributed by atoms with van der Waals surface area (Å²) in [5.74, 6) is -0.582. The van der Waals surface area contributed by atoms with Gasteiger partial charge >= 0.3 is 5.97 Å². The maximum atomic E-state index is 11.5. The summed E-state index contributed by atoms with van der Waals surface area (Å²) in [6.45, 7) is 4.91. The molecule has 0 saturated carbocycles. The smallest absolute Gasteiger partial charge is 0.327 e. The van der Waals surface area contributed by atoms with Gasteiger partial charge in [0.25, 0.3) is 0 Å². The molecule has 5 N–H and O–H groups in total. The minimum absolute atomic E-state index is 0.212. The molecule has 0 aliphatic carbocycles. The molecule has 0 amide bonds. The van der Waals surface area contributed by atoms with Gasteiger partial charge in [-0.1, -0.05) is 0 Å². The quantitative estimate of drug-likeness (QED) is 0.332. The Morgan fingerprint density at radius 2 is 1.87 bits per heavy atom. The van der Waals surface area contributed by atoms with Crippen LogP contribution < -0.4 is 11.5 Å². The largest absolute Gasteiger partial charge is 0.446 e. The molecule has 15 heavy (non-hydrogen) atoms. The summed E-state index contributed by atoms with van der Waals surface area (Å²) < 4.78 is 4.77.